The molecule has 0 spiro atoms. The van der Waals surface area contributed by atoms with E-state index in [1.165, 1.54) is 109 Å². The molecule has 1 rings (SSSR count). The van der Waals surface area contributed by atoms with Crippen LogP contribution in [0.4, 0.5) is 0 Å². The van der Waals surface area contributed by atoms with Gasteiger partial charge in [0.2, 0.25) is 5.91 Å². The van der Waals surface area contributed by atoms with E-state index in [1.807, 2.05) is 6.08 Å². The van der Waals surface area contributed by atoms with Gasteiger partial charge in [0.15, 0.2) is 6.29 Å². The van der Waals surface area contributed by atoms with E-state index in [4.69, 9.17) is 9.47 Å². The SMILES string of the molecule is CCCC/C=C/CCCC(O)C(O)C(COC1OC(CO)C(O)C(O)C1O)NC(=O)C(O)CCCCCCCCCCCCCCCCCCCCCCC. The minimum atomic E-state index is -1.66. The molecule has 1 saturated heterocycles. The third-order valence-electron chi connectivity index (χ3n) is 11.1. The predicted octanol–water partition coefficient (Wildman–Crippen LogP) is 6.89. The lowest BCUT2D eigenvalue weighted by Gasteiger charge is -2.40. The molecule has 0 aromatic rings. The topological polar surface area (TPSA) is 189 Å². The zero-order valence-electron chi connectivity index (χ0n) is 34.9. The fourth-order valence-corrected chi connectivity index (χ4v) is 7.25. The molecule has 1 fully saturated rings. The lowest BCUT2D eigenvalue weighted by molar-refractivity contribution is -0.303. The number of allylic oxidation sites excluding steroid dienone is 2. The maximum atomic E-state index is 13.0. The van der Waals surface area contributed by atoms with E-state index in [0.29, 0.717) is 12.8 Å². The lowest BCUT2D eigenvalue weighted by Crippen LogP contribution is -2.60. The molecule has 0 aromatic heterocycles. The summed E-state index contributed by atoms with van der Waals surface area (Å²) in [6.45, 7) is 3.33. The van der Waals surface area contributed by atoms with Crippen LogP contribution in [-0.4, -0.2) is 110 Å². The van der Waals surface area contributed by atoms with Gasteiger partial charge in [-0.1, -0.05) is 174 Å². The van der Waals surface area contributed by atoms with Crippen LogP contribution in [0.15, 0.2) is 12.2 Å². The van der Waals surface area contributed by atoms with Crippen molar-refractivity contribution in [2.24, 2.45) is 0 Å². The predicted molar refractivity (Wildman–Crippen MR) is 219 cm³/mol. The number of nitrogens with one attached hydrogen (secondary N) is 1. The van der Waals surface area contributed by atoms with Gasteiger partial charge in [-0.15, -0.1) is 0 Å². The van der Waals surface area contributed by atoms with E-state index >= 15 is 0 Å². The van der Waals surface area contributed by atoms with Gasteiger partial charge in [-0.05, 0) is 32.1 Å². The molecular formula is C44H85NO10. The number of aliphatic hydroxyl groups excluding tert-OH is 7. The van der Waals surface area contributed by atoms with Gasteiger partial charge in [0, 0.05) is 0 Å². The lowest BCUT2D eigenvalue weighted by atomic mass is 9.98. The highest BCUT2D eigenvalue weighted by Gasteiger charge is 2.44. The highest BCUT2D eigenvalue weighted by molar-refractivity contribution is 5.80. The van der Waals surface area contributed by atoms with Crippen LogP contribution in [0.3, 0.4) is 0 Å². The minimum Gasteiger partial charge on any atom is -0.394 e. The molecule has 1 aliphatic rings. The average Bonchev–Trinajstić information content (AvgIpc) is 3.18. The highest BCUT2D eigenvalue weighted by Crippen LogP contribution is 2.23. The normalized spacial score (nSPS) is 22.5. The Morgan fingerprint density at radius 1 is 0.618 bits per heavy atom. The van der Waals surface area contributed by atoms with E-state index in [0.717, 1.165) is 44.9 Å². The molecule has 9 atom stereocenters. The zero-order chi connectivity index (χ0) is 40.5. The molecule has 55 heavy (non-hydrogen) atoms. The summed E-state index contributed by atoms with van der Waals surface area (Å²) in [5, 5.41) is 75.2. The number of aliphatic hydroxyl groups is 7. The number of hydrogen-bond donors (Lipinski definition) is 8. The molecule has 1 heterocycles. The second kappa shape index (κ2) is 34.9. The molecule has 0 aromatic carbocycles. The van der Waals surface area contributed by atoms with Crippen molar-refractivity contribution >= 4 is 5.91 Å². The van der Waals surface area contributed by atoms with E-state index in [2.05, 4.69) is 25.2 Å². The number of unbranched alkanes of at least 4 members (excludes halogenated alkanes) is 23. The largest absolute Gasteiger partial charge is 0.394 e. The maximum absolute atomic E-state index is 13.0. The Hall–Kier alpha value is -1.15. The summed E-state index contributed by atoms with van der Waals surface area (Å²) in [4.78, 5) is 13.0. The Kier molecular flexibility index (Phi) is 32.9. The monoisotopic (exact) mass is 788 g/mol. The molecule has 326 valence electrons. The summed E-state index contributed by atoms with van der Waals surface area (Å²) in [5.74, 6) is -0.708. The van der Waals surface area contributed by atoms with Crippen molar-refractivity contribution < 1.29 is 50.0 Å². The van der Waals surface area contributed by atoms with Crippen molar-refractivity contribution in [2.75, 3.05) is 13.2 Å². The third kappa shape index (κ3) is 25.1. The fraction of sp³-hybridized carbons (Fsp3) is 0.932. The number of carbonyl (C=O) groups is 1. The molecule has 11 heteroatoms. The first-order valence-electron chi connectivity index (χ1n) is 22.6. The Morgan fingerprint density at radius 2 is 1.07 bits per heavy atom. The fourth-order valence-electron chi connectivity index (χ4n) is 7.25. The number of hydrogen-bond acceptors (Lipinski definition) is 10. The molecule has 0 radical (unpaired) electrons. The molecule has 9 unspecified atom stereocenters. The molecule has 0 aliphatic carbocycles. The number of carbonyl (C=O) groups excluding carboxylic acids is 1. The van der Waals surface area contributed by atoms with Gasteiger partial charge in [0.1, 0.15) is 36.6 Å². The van der Waals surface area contributed by atoms with Crippen molar-refractivity contribution in [3.05, 3.63) is 12.2 Å². The van der Waals surface area contributed by atoms with Crippen LogP contribution in [0.2, 0.25) is 0 Å². The first-order chi connectivity index (χ1) is 26.7. The van der Waals surface area contributed by atoms with Gasteiger partial charge < -0.3 is 50.5 Å². The quantitative estimate of drug-likeness (QED) is 0.0243. The summed E-state index contributed by atoms with van der Waals surface area (Å²) in [6.07, 6.45) is 24.5. The first-order valence-corrected chi connectivity index (χ1v) is 22.6. The van der Waals surface area contributed by atoms with Gasteiger partial charge in [-0.25, -0.2) is 0 Å². The first kappa shape index (κ1) is 51.9. The summed E-state index contributed by atoms with van der Waals surface area (Å²) in [5.41, 5.74) is 0. The average molecular weight is 788 g/mol. The van der Waals surface area contributed by atoms with Gasteiger partial charge >= 0.3 is 0 Å². The molecule has 11 nitrogen and oxygen atoms in total. The molecular weight excluding hydrogens is 702 g/mol. The van der Waals surface area contributed by atoms with Crippen LogP contribution in [0, 0.1) is 0 Å². The minimum absolute atomic E-state index is 0.258. The molecule has 1 aliphatic heterocycles. The van der Waals surface area contributed by atoms with Crippen LogP contribution < -0.4 is 5.32 Å². The van der Waals surface area contributed by atoms with Gasteiger partial charge in [-0.3, -0.25) is 4.79 Å². The molecule has 0 saturated carbocycles. The third-order valence-corrected chi connectivity index (χ3v) is 11.1. The smallest absolute Gasteiger partial charge is 0.249 e. The Bertz CT molecular complexity index is 908. The van der Waals surface area contributed by atoms with Crippen LogP contribution in [0.25, 0.3) is 0 Å². The number of amides is 1. The summed E-state index contributed by atoms with van der Waals surface area (Å²) in [6, 6.07) is -1.18. The van der Waals surface area contributed by atoms with Crippen LogP contribution in [0.1, 0.15) is 194 Å². The van der Waals surface area contributed by atoms with Crippen molar-refractivity contribution in [3.8, 4) is 0 Å². The van der Waals surface area contributed by atoms with Gasteiger partial charge in [0.25, 0.3) is 0 Å². The number of ether oxygens (including phenoxy) is 2. The van der Waals surface area contributed by atoms with E-state index in [1.54, 1.807) is 0 Å². The van der Waals surface area contributed by atoms with Gasteiger partial charge in [-0.2, -0.15) is 0 Å². The highest BCUT2D eigenvalue weighted by atomic mass is 16.7. The Balaban J connectivity index is 2.33. The summed E-state index contributed by atoms with van der Waals surface area (Å²) < 4.78 is 11.0. The maximum Gasteiger partial charge on any atom is 0.249 e. The van der Waals surface area contributed by atoms with Crippen LogP contribution >= 0.6 is 0 Å². The zero-order valence-corrected chi connectivity index (χ0v) is 34.9. The molecule has 8 N–H and O–H groups in total. The van der Waals surface area contributed by atoms with Crippen molar-refractivity contribution in [2.45, 2.75) is 249 Å². The Labute approximate surface area is 334 Å². The van der Waals surface area contributed by atoms with Crippen molar-refractivity contribution in [3.63, 3.8) is 0 Å². The van der Waals surface area contributed by atoms with Gasteiger partial charge in [0.05, 0.1) is 25.4 Å². The standard InChI is InChI=1S/C44H85NO10/c1-3-5-7-9-11-12-13-14-15-16-17-18-19-20-21-22-23-24-26-28-30-32-37(48)43(53)45-35(39(49)36(47)31-29-27-25-10-8-6-4-2)34-54-44-42(52)41(51)40(50)38(33-46)55-44/h10,25,35-42,44,46-52H,3-9,11-24,26-34H2,1-2H3,(H,45,53)/b25-10+. The van der Waals surface area contributed by atoms with Crippen molar-refractivity contribution in [1.82, 2.24) is 5.32 Å². The van der Waals surface area contributed by atoms with Crippen molar-refractivity contribution in [1.29, 1.82) is 0 Å². The second-order valence-corrected chi connectivity index (χ2v) is 16.1. The summed E-state index contributed by atoms with van der Waals surface area (Å²) in [7, 11) is 0. The molecule has 1 amide bonds. The van der Waals surface area contributed by atoms with Crippen LogP contribution in [-0.2, 0) is 14.3 Å². The molecule has 0 bridgehead atoms. The second-order valence-electron chi connectivity index (χ2n) is 16.1. The van der Waals surface area contributed by atoms with E-state index in [-0.39, 0.29) is 12.8 Å². The van der Waals surface area contributed by atoms with E-state index in [9.17, 15) is 40.5 Å². The van der Waals surface area contributed by atoms with Crippen LogP contribution in [0.5, 0.6) is 0 Å². The number of rotatable bonds is 37. The van der Waals surface area contributed by atoms with E-state index < -0.39 is 74.2 Å². The summed E-state index contributed by atoms with van der Waals surface area (Å²) >= 11 is 0. The Morgan fingerprint density at radius 3 is 1.55 bits per heavy atom.